The van der Waals surface area contributed by atoms with Crippen LogP contribution in [-0.4, -0.2) is 65.3 Å². The Hall–Kier alpha value is -1.30. The van der Waals surface area contributed by atoms with Crippen LogP contribution in [0.5, 0.6) is 0 Å². The Kier molecular flexibility index (Phi) is 4.22. The lowest BCUT2D eigenvalue weighted by atomic mass is 9.95. The van der Waals surface area contributed by atoms with E-state index in [0.717, 1.165) is 12.8 Å². The maximum atomic E-state index is 12.6. The van der Waals surface area contributed by atoms with Gasteiger partial charge in [-0.2, -0.15) is 0 Å². The predicted octanol–water partition coefficient (Wildman–Crippen LogP) is 1.40. The van der Waals surface area contributed by atoms with Gasteiger partial charge in [0.25, 0.3) is 0 Å². The molecule has 0 spiro atoms. The number of carbonyl (C=O) groups is 2. The third-order valence-corrected chi connectivity index (χ3v) is 4.80. The minimum Gasteiger partial charge on any atom is -0.480 e. The highest BCUT2D eigenvalue weighted by atomic mass is 16.5. The number of hydrogen-bond acceptors (Lipinski definition) is 3. The first kappa shape index (κ1) is 15.1. The molecule has 6 heteroatoms. The Morgan fingerprint density at radius 2 is 2.05 bits per heavy atom. The van der Waals surface area contributed by atoms with Crippen LogP contribution in [0.4, 0.5) is 4.79 Å². The van der Waals surface area contributed by atoms with Gasteiger partial charge >= 0.3 is 12.0 Å². The Morgan fingerprint density at radius 3 is 2.65 bits per heavy atom. The first-order valence-electron chi connectivity index (χ1n) is 7.23. The fourth-order valence-corrected chi connectivity index (χ4v) is 3.18. The molecule has 20 heavy (non-hydrogen) atoms. The van der Waals surface area contributed by atoms with Gasteiger partial charge in [-0.25, -0.2) is 9.59 Å². The van der Waals surface area contributed by atoms with E-state index in [9.17, 15) is 14.7 Å². The molecule has 6 nitrogen and oxygen atoms in total. The highest BCUT2D eigenvalue weighted by molar-refractivity contribution is 5.86. The van der Waals surface area contributed by atoms with E-state index in [-0.39, 0.29) is 12.1 Å². The quantitative estimate of drug-likeness (QED) is 0.832. The number of methoxy groups -OCH3 is 1. The molecule has 0 aliphatic carbocycles. The first-order chi connectivity index (χ1) is 9.40. The molecular formula is C14H24N2O4. The fourth-order valence-electron chi connectivity index (χ4n) is 3.18. The largest absolute Gasteiger partial charge is 0.480 e. The lowest BCUT2D eigenvalue weighted by Crippen LogP contribution is -2.58. The molecule has 3 unspecified atom stereocenters. The second-order valence-electron chi connectivity index (χ2n) is 6.10. The molecule has 2 rings (SSSR count). The van der Waals surface area contributed by atoms with Crippen molar-refractivity contribution in [3.05, 3.63) is 0 Å². The van der Waals surface area contributed by atoms with E-state index in [1.54, 1.807) is 18.9 Å². The van der Waals surface area contributed by atoms with Crippen LogP contribution in [0.15, 0.2) is 0 Å². The van der Waals surface area contributed by atoms with E-state index in [0.29, 0.717) is 32.0 Å². The average Bonchev–Trinajstić information content (AvgIpc) is 2.82. The number of urea groups is 1. The molecule has 0 aromatic heterocycles. The smallest absolute Gasteiger partial charge is 0.329 e. The van der Waals surface area contributed by atoms with Crippen molar-refractivity contribution < 1.29 is 19.4 Å². The number of carboxylic acids is 1. The van der Waals surface area contributed by atoms with Crippen LogP contribution in [0, 0.1) is 5.92 Å². The molecule has 2 aliphatic rings. The van der Waals surface area contributed by atoms with Gasteiger partial charge in [-0.1, -0.05) is 6.92 Å². The van der Waals surface area contributed by atoms with Crippen molar-refractivity contribution in [2.75, 3.05) is 26.7 Å². The van der Waals surface area contributed by atoms with Crippen molar-refractivity contribution in [2.45, 2.75) is 44.8 Å². The van der Waals surface area contributed by atoms with Crippen LogP contribution in [0.3, 0.4) is 0 Å². The maximum Gasteiger partial charge on any atom is 0.329 e. The molecular weight excluding hydrogens is 260 g/mol. The third-order valence-electron chi connectivity index (χ3n) is 4.80. The van der Waals surface area contributed by atoms with Gasteiger partial charge < -0.3 is 19.6 Å². The average molecular weight is 284 g/mol. The van der Waals surface area contributed by atoms with Crippen molar-refractivity contribution in [2.24, 2.45) is 5.92 Å². The summed E-state index contributed by atoms with van der Waals surface area (Å²) in [4.78, 5) is 27.3. The predicted molar refractivity (Wildman–Crippen MR) is 73.5 cm³/mol. The molecule has 1 N–H and O–H groups in total. The zero-order valence-electron chi connectivity index (χ0n) is 12.5. The third kappa shape index (κ3) is 2.49. The second-order valence-corrected chi connectivity index (χ2v) is 6.10. The van der Waals surface area contributed by atoms with Crippen LogP contribution < -0.4 is 0 Å². The fraction of sp³-hybridized carbons (Fsp3) is 0.857. The van der Waals surface area contributed by atoms with Gasteiger partial charge in [-0.05, 0) is 32.1 Å². The Bertz CT molecular complexity index is 401. The molecule has 3 atom stereocenters. The van der Waals surface area contributed by atoms with Crippen molar-refractivity contribution >= 4 is 12.0 Å². The molecule has 0 saturated carbocycles. The van der Waals surface area contributed by atoms with Gasteiger partial charge in [0.05, 0.1) is 6.10 Å². The van der Waals surface area contributed by atoms with Crippen molar-refractivity contribution in [1.82, 2.24) is 9.80 Å². The maximum absolute atomic E-state index is 12.6. The van der Waals surface area contributed by atoms with E-state index < -0.39 is 11.5 Å². The zero-order valence-corrected chi connectivity index (χ0v) is 12.5. The van der Waals surface area contributed by atoms with E-state index in [1.807, 2.05) is 0 Å². The van der Waals surface area contributed by atoms with Gasteiger partial charge in [0.1, 0.15) is 5.54 Å². The summed E-state index contributed by atoms with van der Waals surface area (Å²) >= 11 is 0. The molecule has 2 aliphatic heterocycles. The summed E-state index contributed by atoms with van der Waals surface area (Å²) in [6, 6.07) is -0.165. The van der Waals surface area contributed by atoms with Crippen LogP contribution >= 0.6 is 0 Å². The number of amides is 2. The summed E-state index contributed by atoms with van der Waals surface area (Å²) < 4.78 is 5.42. The molecule has 2 amide bonds. The van der Waals surface area contributed by atoms with E-state index >= 15 is 0 Å². The Balaban J connectivity index is 2.09. The lowest BCUT2D eigenvalue weighted by molar-refractivity contribution is -0.147. The number of aliphatic carboxylic acids is 1. The number of likely N-dealkylation sites (tertiary alicyclic amines) is 2. The zero-order chi connectivity index (χ0) is 14.9. The van der Waals surface area contributed by atoms with Crippen LogP contribution in [0.2, 0.25) is 0 Å². The number of carbonyl (C=O) groups excluding carboxylic acids is 1. The monoisotopic (exact) mass is 284 g/mol. The lowest BCUT2D eigenvalue weighted by Gasteiger charge is -2.41. The number of carboxylic acid groups (broad SMARTS) is 1. The van der Waals surface area contributed by atoms with Crippen molar-refractivity contribution in [3.8, 4) is 0 Å². The molecule has 0 radical (unpaired) electrons. The summed E-state index contributed by atoms with van der Waals surface area (Å²) in [5.41, 5.74) is -1.07. The van der Waals surface area contributed by atoms with E-state index in [4.69, 9.17) is 4.74 Å². The molecule has 114 valence electrons. The summed E-state index contributed by atoms with van der Waals surface area (Å²) in [5.74, 6) is -0.495. The first-order valence-corrected chi connectivity index (χ1v) is 7.23. The Labute approximate surface area is 119 Å². The number of piperidine rings is 1. The number of hydrogen-bond donors (Lipinski definition) is 1. The van der Waals surface area contributed by atoms with Crippen molar-refractivity contribution in [3.63, 3.8) is 0 Å². The summed E-state index contributed by atoms with van der Waals surface area (Å²) in [5, 5.41) is 9.39. The number of ether oxygens (including phenoxy) is 1. The van der Waals surface area contributed by atoms with Crippen LogP contribution in [0.1, 0.15) is 33.1 Å². The molecule has 2 heterocycles. The highest BCUT2D eigenvalue weighted by Crippen LogP contribution is 2.31. The second kappa shape index (κ2) is 5.60. The van der Waals surface area contributed by atoms with Gasteiger partial charge in [0.2, 0.25) is 0 Å². The molecule has 0 aromatic rings. The molecule has 2 fully saturated rings. The minimum absolute atomic E-state index is 0.0337. The summed E-state index contributed by atoms with van der Waals surface area (Å²) in [6.07, 6.45) is 2.19. The van der Waals surface area contributed by atoms with E-state index in [1.165, 1.54) is 4.90 Å². The summed E-state index contributed by atoms with van der Waals surface area (Å²) in [7, 11) is 1.66. The number of nitrogens with zero attached hydrogens (tertiary/aromatic N) is 2. The minimum atomic E-state index is -1.07. The Morgan fingerprint density at radius 1 is 1.35 bits per heavy atom. The van der Waals surface area contributed by atoms with Gasteiger partial charge in [0, 0.05) is 26.7 Å². The summed E-state index contributed by atoms with van der Waals surface area (Å²) in [6.45, 7) is 5.49. The van der Waals surface area contributed by atoms with E-state index in [2.05, 4.69) is 6.92 Å². The number of rotatable bonds is 2. The van der Waals surface area contributed by atoms with Gasteiger partial charge in [0.15, 0.2) is 0 Å². The van der Waals surface area contributed by atoms with Gasteiger partial charge in [-0.15, -0.1) is 0 Å². The van der Waals surface area contributed by atoms with Gasteiger partial charge in [-0.3, -0.25) is 0 Å². The van der Waals surface area contributed by atoms with Crippen molar-refractivity contribution in [1.29, 1.82) is 0 Å². The molecule has 2 saturated heterocycles. The highest BCUT2D eigenvalue weighted by Gasteiger charge is 2.47. The van der Waals surface area contributed by atoms with Crippen LogP contribution in [-0.2, 0) is 9.53 Å². The molecule has 0 aromatic carbocycles. The molecule has 0 bridgehead atoms. The van der Waals surface area contributed by atoms with Crippen LogP contribution in [0.25, 0.3) is 0 Å². The standard InChI is InChI=1S/C14H24N2O4/c1-10-5-8-15(9-11(10)20-3)13(19)16-7-4-6-14(16,2)12(17)18/h10-11H,4-9H2,1-3H3,(H,17,18). The normalized spacial score (nSPS) is 34.4. The topological polar surface area (TPSA) is 70.1 Å². The SMILES string of the molecule is COC1CN(C(=O)N2CCCC2(C)C(=O)O)CCC1C.